The van der Waals surface area contributed by atoms with Crippen LogP contribution >= 0.6 is 0 Å². The molecule has 0 fully saturated rings. The molecule has 3 aromatic rings. The topological polar surface area (TPSA) is 34.1 Å². The molecule has 3 heteroatoms. The van der Waals surface area contributed by atoms with Gasteiger partial charge in [0.2, 0.25) is 0 Å². The van der Waals surface area contributed by atoms with Crippen molar-refractivity contribution in [3.05, 3.63) is 71.9 Å². The van der Waals surface area contributed by atoms with Crippen LogP contribution in [0.5, 0.6) is 5.75 Å². The number of rotatable bonds is 5. The highest BCUT2D eigenvalue weighted by Crippen LogP contribution is 2.19. The first-order valence-corrected chi connectivity index (χ1v) is 7.05. The SMILES string of the molecule is CNCc1ccc(COc2ccc3cccnc3c2)cc1. The molecule has 1 heterocycles. The molecule has 1 N–H and O–H groups in total. The molecule has 0 bridgehead atoms. The Kier molecular flexibility index (Phi) is 4.12. The molecule has 0 saturated heterocycles. The summed E-state index contributed by atoms with van der Waals surface area (Å²) in [5.41, 5.74) is 3.39. The number of nitrogens with zero attached hydrogens (tertiary/aromatic N) is 1. The fraction of sp³-hybridized carbons (Fsp3) is 0.167. The van der Waals surface area contributed by atoms with Crippen molar-refractivity contribution in [2.24, 2.45) is 0 Å². The average molecular weight is 278 g/mol. The molecule has 0 spiro atoms. The lowest BCUT2D eigenvalue weighted by Gasteiger charge is -2.08. The van der Waals surface area contributed by atoms with Crippen LogP contribution < -0.4 is 10.1 Å². The fourth-order valence-electron chi connectivity index (χ4n) is 2.26. The maximum atomic E-state index is 5.84. The van der Waals surface area contributed by atoms with Crippen LogP contribution in [0.15, 0.2) is 60.8 Å². The Balaban J connectivity index is 1.68. The second kappa shape index (κ2) is 6.37. The zero-order valence-electron chi connectivity index (χ0n) is 12.0. The van der Waals surface area contributed by atoms with Crippen LogP contribution in [0.3, 0.4) is 0 Å². The van der Waals surface area contributed by atoms with E-state index in [1.807, 2.05) is 37.4 Å². The summed E-state index contributed by atoms with van der Waals surface area (Å²) in [6, 6.07) is 18.4. The van der Waals surface area contributed by atoms with E-state index in [-0.39, 0.29) is 0 Å². The summed E-state index contributed by atoms with van der Waals surface area (Å²) in [5, 5.41) is 4.27. The zero-order valence-corrected chi connectivity index (χ0v) is 12.0. The van der Waals surface area contributed by atoms with E-state index in [1.54, 1.807) is 6.20 Å². The fourth-order valence-corrected chi connectivity index (χ4v) is 2.26. The van der Waals surface area contributed by atoms with Crippen LogP contribution in [0.2, 0.25) is 0 Å². The molecule has 2 aromatic carbocycles. The first-order valence-electron chi connectivity index (χ1n) is 7.05. The normalized spacial score (nSPS) is 10.7. The van der Waals surface area contributed by atoms with E-state index in [4.69, 9.17) is 4.74 Å². The summed E-state index contributed by atoms with van der Waals surface area (Å²) >= 11 is 0. The van der Waals surface area contributed by atoms with Crippen molar-refractivity contribution in [2.45, 2.75) is 13.2 Å². The first kappa shape index (κ1) is 13.6. The number of nitrogens with one attached hydrogen (secondary N) is 1. The number of hydrogen-bond donors (Lipinski definition) is 1. The third kappa shape index (κ3) is 3.38. The van der Waals surface area contributed by atoms with Gasteiger partial charge in [-0.05, 0) is 36.4 Å². The Morgan fingerprint density at radius 3 is 2.62 bits per heavy atom. The first-order chi connectivity index (χ1) is 10.3. The van der Waals surface area contributed by atoms with Crippen molar-refractivity contribution in [2.75, 3.05) is 7.05 Å². The Hall–Kier alpha value is -2.39. The van der Waals surface area contributed by atoms with E-state index in [0.717, 1.165) is 28.8 Å². The molecule has 21 heavy (non-hydrogen) atoms. The van der Waals surface area contributed by atoms with Crippen molar-refractivity contribution >= 4 is 10.9 Å². The van der Waals surface area contributed by atoms with Gasteiger partial charge in [-0.3, -0.25) is 4.98 Å². The third-order valence-electron chi connectivity index (χ3n) is 3.39. The van der Waals surface area contributed by atoms with E-state index in [0.29, 0.717) is 6.61 Å². The van der Waals surface area contributed by atoms with E-state index >= 15 is 0 Å². The highest BCUT2D eigenvalue weighted by molar-refractivity contribution is 5.79. The maximum absolute atomic E-state index is 5.84. The maximum Gasteiger partial charge on any atom is 0.122 e. The standard InChI is InChI=1S/C18H18N2O/c1-19-12-14-4-6-15(7-5-14)13-21-17-9-8-16-3-2-10-20-18(16)11-17/h2-11,19H,12-13H2,1H3. The van der Waals surface area contributed by atoms with Gasteiger partial charge in [-0.1, -0.05) is 30.3 Å². The summed E-state index contributed by atoms with van der Waals surface area (Å²) in [7, 11) is 1.95. The number of ether oxygens (including phenoxy) is 1. The Morgan fingerprint density at radius 2 is 1.81 bits per heavy atom. The van der Waals surface area contributed by atoms with Crippen LogP contribution in [-0.4, -0.2) is 12.0 Å². The molecular formula is C18H18N2O. The van der Waals surface area contributed by atoms with Crippen molar-refractivity contribution < 1.29 is 4.74 Å². The second-order valence-electron chi connectivity index (χ2n) is 4.99. The highest BCUT2D eigenvalue weighted by Gasteiger charge is 1.99. The highest BCUT2D eigenvalue weighted by atomic mass is 16.5. The van der Waals surface area contributed by atoms with E-state index in [2.05, 4.69) is 34.6 Å². The van der Waals surface area contributed by atoms with Gasteiger partial charge in [0.05, 0.1) is 5.52 Å². The van der Waals surface area contributed by atoms with Gasteiger partial charge in [0, 0.05) is 24.2 Å². The third-order valence-corrected chi connectivity index (χ3v) is 3.39. The summed E-state index contributed by atoms with van der Waals surface area (Å²) in [4.78, 5) is 4.34. The molecule has 3 rings (SSSR count). The van der Waals surface area contributed by atoms with E-state index < -0.39 is 0 Å². The van der Waals surface area contributed by atoms with E-state index in [1.165, 1.54) is 5.56 Å². The molecule has 0 atom stereocenters. The Morgan fingerprint density at radius 1 is 1.00 bits per heavy atom. The number of pyridine rings is 1. The second-order valence-corrected chi connectivity index (χ2v) is 4.99. The van der Waals surface area contributed by atoms with Crippen LogP contribution in [0.25, 0.3) is 10.9 Å². The quantitative estimate of drug-likeness (QED) is 0.775. The molecule has 0 unspecified atom stereocenters. The Bertz CT molecular complexity index is 723. The monoisotopic (exact) mass is 278 g/mol. The number of fused-ring (bicyclic) bond motifs is 1. The summed E-state index contributed by atoms with van der Waals surface area (Å²) in [6.07, 6.45) is 1.80. The smallest absolute Gasteiger partial charge is 0.122 e. The van der Waals surface area contributed by atoms with Gasteiger partial charge in [0.15, 0.2) is 0 Å². The molecular weight excluding hydrogens is 260 g/mol. The molecule has 3 nitrogen and oxygen atoms in total. The summed E-state index contributed by atoms with van der Waals surface area (Å²) in [5.74, 6) is 0.848. The van der Waals surface area contributed by atoms with Crippen molar-refractivity contribution in [3.8, 4) is 5.75 Å². The van der Waals surface area contributed by atoms with Crippen LogP contribution in [0.4, 0.5) is 0 Å². The van der Waals surface area contributed by atoms with Gasteiger partial charge in [-0.25, -0.2) is 0 Å². The molecule has 1 aromatic heterocycles. The number of benzene rings is 2. The van der Waals surface area contributed by atoms with Crippen molar-refractivity contribution in [3.63, 3.8) is 0 Å². The lowest BCUT2D eigenvalue weighted by atomic mass is 10.1. The molecule has 0 aliphatic rings. The predicted octanol–water partition coefficient (Wildman–Crippen LogP) is 3.53. The van der Waals surface area contributed by atoms with Gasteiger partial charge in [-0.15, -0.1) is 0 Å². The lowest BCUT2D eigenvalue weighted by molar-refractivity contribution is 0.306. The summed E-state index contributed by atoms with van der Waals surface area (Å²) < 4.78 is 5.84. The van der Waals surface area contributed by atoms with Crippen LogP contribution in [0, 0.1) is 0 Å². The van der Waals surface area contributed by atoms with Gasteiger partial charge < -0.3 is 10.1 Å². The largest absolute Gasteiger partial charge is 0.489 e. The molecule has 106 valence electrons. The van der Waals surface area contributed by atoms with Gasteiger partial charge in [0.1, 0.15) is 12.4 Å². The van der Waals surface area contributed by atoms with Gasteiger partial charge >= 0.3 is 0 Å². The average Bonchev–Trinajstić information content (AvgIpc) is 2.54. The zero-order chi connectivity index (χ0) is 14.5. The van der Waals surface area contributed by atoms with E-state index in [9.17, 15) is 0 Å². The minimum atomic E-state index is 0.568. The van der Waals surface area contributed by atoms with Crippen LogP contribution in [-0.2, 0) is 13.2 Å². The molecule has 0 radical (unpaired) electrons. The minimum absolute atomic E-state index is 0.568. The molecule has 0 aliphatic carbocycles. The molecule has 0 saturated carbocycles. The lowest BCUT2D eigenvalue weighted by Crippen LogP contribution is -2.05. The molecule has 0 amide bonds. The summed E-state index contributed by atoms with van der Waals surface area (Å²) in [6.45, 7) is 1.45. The van der Waals surface area contributed by atoms with Crippen molar-refractivity contribution in [1.82, 2.24) is 10.3 Å². The van der Waals surface area contributed by atoms with Gasteiger partial charge in [-0.2, -0.15) is 0 Å². The van der Waals surface area contributed by atoms with Crippen LogP contribution in [0.1, 0.15) is 11.1 Å². The predicted molar refractivity (Wildman–Crippen MR) is 85.3 cm³/mol. The number of aromatic nitrogens is 1. The number of hydrogen-bond acceptors (Lipinski definition) is 3. The van der Waals surface area contributed by atoms with Gasteiger partial charge in [0.25, 0.3) is 0 Å². The Labute approximate surface area is 124 Å². The minimum Gasteiger partial charge on any atom is -0.489 e. The molecule has 0 aliphatic heterocycles. The van der Waals surface area contributed by atoms with Crippen molar-refractivity contribution in [1.29, 1.82) is 0 Å².